The van der Waals surface area contributed by atoms with Crippen LogP contribution >= 0.6 is 23.2 Å². The molecule has 0 aliphatic carbocycles. The molecule has 2 unspecified atom stereocenters. The van der Waals surface area contributed by atoms with Crippen molar-refractivity contribution in [1.29, 1.82) is 0 Å². The summed E-state index contributed by atoms with van der Waals surface area (Å²) in [5.74, 6) is 0. The molecular formula is C20H20Cl2O6. The normalized spacial score (nSPS) is 33.1. The minimum absolute atomic E-state index is 0.0516. The van der Waals surface area contributed by atoms with E-state index in [1.54, 1.807) is 36.4 Å². The van der Waals surface area contributed by atoms with E-state index in [-0.39, 0.29) is 13.2 Å². The first kappa shape index (κ1) is 20.1. The Hall–Kier alpha value is -1.22. The first-order valence-corrected chi connectivity index (χ1v) is 9.70. The van der Waals surface area contributed by atoms with Crippen molar-refractivity contribution in [2.24, 2.45) is 0 Å². The van der Waals surface area contributed by atoms with Gasteiger partial charge in [0.15, 0.2) is 12.6 Å². The summed E-state index contributed by atoms with van der Waals surface area (Å²) >= 11 is 12.5. The fraction of sp³-hybridized carbons (Fsp3) is 0.400. The van der Waals surface area contributed by atoms with Gasteiger partial charge in [0.25, 0.3) is 0 Å². The Labute approximate surface area is 172 Å². The Morgan fingerprint density at radius 1 is 0.857 bits per heavy atom. The third-order valence-corrected chi connectivity index (χ3v) is 5.56. The minimum atomic E-state index is -1.04. The Balaban J connectivity index is 1.62. The highest BCUT2D eigenvalue weighted by atomic mass is 35.5. The molecule has 6 atom stereocenters. The van der Waals surface area contributed by atoms with E-state index in [0.29, 0.717) is 21.2 Å². The number of rotatable bonds is 3. The van der Waals surface area contributed by atoms with Gasteiger partial charge in [0.1, 0.15) is 24.4 Å². The second kappa shape index (κ2) is 8.65. The Kier molecular flexibility index (Phi) is 6.20. The predicted molar refractivity (Wildman–Crippen MR) is 102 cm³/mol. The summed E-state index contributed by atoms with van der Waals surface area (Å²) in [4.78, 5) is 0. The summed E-state index contributed by atoms with van der Waals surface area (Å²) in [6.45, 7) is -0.329. The molecule has 2 aromatic carbocycles. The summed E-state index contributed by atoms with van der Waals surface area (Å²) in [6.07, 6.45) is -5.06. The van der Waals surface area contributed by atoms with Gasteiger partial charge in [0.05, 0.1) is 13.2 Å². The van der Waals surface area contributed by atoms with Crippen LogP contribution in [0, 0.1) is 0 Å². The van der Waals surface area contributed by atoms with Crippen molar-refractivity contribution >= 4 is 23.2 Å². The molecule has 2 fully saturated rings. The van der Waals surface area contributed by atoms with Crippen LogP contribution < -0.4 is 0 Å². The lowest BCUT2D eigenvalue weighted by atomic mass is 10.00. The number of fused-ring (bicyclic) bond motifs is 2. The highest BCUT2D eigenvalue weighted by Gasteiger charge is 2.46. The van der Waals surface area contributed by atoms with Crippen molar-refractivity contribution in [3.8, 4) is 0 Å². The summed E-state index contributed by atoms with van der Waals surface area (Å²) < 4.78 is 23.7. The van der Waals surface area contributed by atoms with E-state index in [0.717, 1.165) is 0 Å². The Morgan fingerprint density at radius 3 is 2.07 bits per heavy atom. The third-order valence-electron chi connectivity index (χ3n) is 4.87. The fourth-order valence-corrected chi connectivity index (χ4v) is 3.85. The summed E-state index contributed by atoms with van der Waals surface area (Å²) in [5, 5.41) is 21.5. The zero-order valence-corrected chi connectivity index (χ0v) is 16.3. The SMILES string of the molecule is OC[C@@H]1OC(c2ccccc2Cl)OC[C@H]2OC(c3ccccc3Cl)O[C@H]1[C@@H]2O. The molecule has 8 heteroatoms. The van der Waals surface area contributed by atoms with E-state index >= 15 is 0 Å². The van der Waals surface area contributed by atoms with Gasteiger partial charge in [0.2, 0.25) is 0 Å². The van der Waals surface area contributed by atoms with Crippen LogP contribution in [0.4, 0.5) is 0 Å². The van der Waals surface area contributed by atoms with E-state index in [2.05, 4.69) is 0 Å². The van der Waals surface area contributed by atoms with Gasteiger partial charge < -0.3 is 29.2 Å². The highest BCUT2D eigenvalue weighted by Crippen LogP contribution is 2.39. The van der Waals surface area contributed by atoms with Gasteiger partial charge in [-0.05, 0) is 12.1 Å². The quantitative estimate of drug-likeness (QED) is 0.784. The smallest absolute Gasteiger partial charge is 0.186 e. The topological polar surface area (TPSA) is 77.4 Å². The molecule has 4 rings (SSSR count). The van der Waals surface area contributed by atoms with Gasteiger partial charge in [-0.1, -0.05) is 59.6 Å². The second-order valence-corrected chi connectivity index (χ2v) is 7.48. The number of halogens is 2. The van der Waals surface area contributed by atoms with Crippen LogP contribution in [0.5, 0.6) is 0 Å². The predicted octanol–water partition coefficient (Wildman–Crippen LogP) is 3.24. The van der Waals surface area contributed by atoms with E-state index in [4.69, 9.17) is 42.1 Å². The first-order valence-electron chi connectivity index (χ1n) is 8.94. The number of ether oxygens (including phenoxy) is 4. The maximum absolute atomic E-state index is 10.7. The van der Waals surface area contributed by atoms with E-state index < -0.39 is 37.0 Å². The average molecular weight is 427 g/mol. The number of hydrogen-bond donors (Lipinski definition) is 2. The standard InChI is InChI=1S/C20H20Cl2O6/c21-13-7-3-1-5-11(13)19-25-10-16-17(24)18(15(9-23)26-19)28-20(27-16)12-6-2-4-8-14(12)22/h1-8,15-20,23-24H,9-10H2/t15-,16+,17+,18+,19?,20?/m0/s1. The molecule has 2 aliphatic rings. The molecule has 2 aliphatic heterocycles. The molecule has 0 amide bonds. The Morgan fingerprint density at radius 2 is 1.46 bits per heavy atom. The second-order valence-electron chi connectivity index (χ2n) is 6.66. The van der Waals surface area contributed by atoms with Crippen molar-refractivity contribution in [2.75, 3.05) is 13.2 Å². The highest BCUT2D eigenvalue weighted by molar-refractivity contribution is 6.31. The van der Waals surface area contributed by atoms with Crippen molar-refractivity contribution in [3.63, 3.8) is 0 Å². The molecule has 6 nitrogen and oxygen atoms in total. The summed E-state index contributed by atoms with van der Waals surface area (Å²) in [5.41, 5.74) is 1.26. The summed E-state index contributed by atoms with van der Waals surface area (Å²) in [7, 11) is 0. The lowest BCUT2D eigenvalue weighted by Crippen LogP contribution is -2.57. The minimum Gasteiger partial charge on any atom is -0.394 e. The molecule has 2 saturated heterocycles. The molecule has 28 heavy (non-hydrogen) atoms. The van der Waals surface area contributed by atoms with Crippen LogP contribution in [-0.4, -0.2) is 47.8 Å². The van der Waals surface area contributed by atoms with E-state index in [9.17, 15) is 10.2 Å². The van der Waals surface area contributed by atoms with Crippen LogP contribution in [0.2, 0.25) is 10.0 Å². The molecule has 0 spiro atoms. The number of benzene rings is 2. The maximum Gasteiger partial charge on any atom is 0.186 e. The Bertz CT molecular complexity index is 773. The molecular weight excluding hydrogens is 407 g/mol. The fourth-order valence-electron chi connectivity index (χ4n) is 3.40. The molecule has 0 saturated carbocycles. The zero-order chi connectivity index (χ0) is 19.7. The van der Waals surface area contributed by atoms with Crippen LogP contribution in [0.1, 0.15) is 23.7 Å². The van der Waals surface area contributed by atoms with Crippen LogP contribution in [0.25, 0.3) is 0 Å². The molecule has 0 aromatic heterocycles. The van der Waals surface area contributed by atoms with Crippen LogP contribution in [0.3, 0.4) is 0 Å². The van der Waals surface area contributed by atoms with Crippen molar-refractivity contribution in [1.82, 2.24) is 0 Å². The van der Waals surface area contributed by atoms with Crippen molar-refractivity contribution in [2.45, 2.75) is 37.0 Å². The number of aliphatic hydroxyl groups excluding tert-OH is 2. The molecule has 2 bridgehead atoms. The molecule has 2 aromatic rings. The number of aliphatic hydroxyl groups is 2. The van der Waals surface area contributed by atoms with E-state index in [1.165, 1.54) is 0 Å². The van der Waals surface area contributed by atoms with Gasteiger partial charge in [-0.15, -0.1) is 0 Å². The molecule has 0 radical (unpaired) electrons. The van der Waals surface area contributed by atoms with Crippen molar-refractivity contribution in [3.05, 3.63) is 69.7 Å². The van der Waals surface area contributed by atoms with Gasteiger partial charge >= 0.3 is 0 Å². The van der Waals surface area contributed by atoms with E-state index in [1.807, 2.05) is 12.1 Å². The average Bonchev–Trinajstić information content (AvgIpc) is 2.70. The molecule has 2 N–H and O–H groups in total. The zero-order valence-electron chi connectivity index (χ0n) is 14.8. The van der Waals surface area contributed by atoms with Gasteiger partial charge in [-0.25, -0.2) is 0 Å². The maximum atomic E-state index is 10.7. The lowest BCUT2D eigenvalue weighted by molar-refractivity contribution is -0.352. The van der Waals surface area contributed by atoms with Gasteiger partial charge in [0, 0.05) is 21.2 Å². The largest absolute Gasteiger partial charge is 0.394 e. The van der Waals surface area contributed by atoms with Gasteiger partial charge in [-0.2, -0.15) is 0 Å². The number of hydrogen-bond acceptors (Lipinski definition) is 6. The molecule has 2 heterocycles. The van der Waals surface area contributed by atoms with Crippen LogP contribution in [0.15, 0.2) is 48.5 Å². The van der Waals surface area contributed by atoms with Crippen LogP contribution in [-0.2, 0) is 18.9 Å². The van der Waals surface area contributed by atoms with Crippen molar-refractivity contribution < 1.29 is 29.2 Å². The van der Waals surface area contributed by atoms with Gasteiger partial charge in [-0.3, -0.25) is 0 Å². The molecule has 150 valence electrons. The first-order chi connectivity index (χ1) is 13.6. The lowest BCUT2D eigenvalue weighted by Gasteiger charge is -2.45. The third kappa shape index (κ3) is 3.92. The summed E-state index contributed by atoms with van der Waals surface area (Å²) in [6, 6.07) is 14.3. The monoisotopic (exact) mass is 426 g/mol.